The number of rotatable bonds is 2. The maximum Gasteiger partial charge on any atom is 0.249 e. The van der Waals surface area contributed by atoms with E-state index in [-0.39, 0.29) is 11.7 Å². The zero-order valence-electron chi connectivity index (χ0n) is 10.3. The SMILES string of the molecule is CC1(C(=O)NO)CCN(c2ccc(F)cc2)CC1. The third kappa shape index (κ3) is 2.46. The van der Waals surface area contributed by atoms with E-state index in [1.165, 1.54) is 12.1 Å². The van der Waals surface area contributed by atoms with Crippen molar-refractivity contribution >= 4 is 11.6 Å². The molecule has 5 heteroatoms. The van der Waals surface area contributed by atoms with Gasteiger partial charge in [-0.1, -0.05) is 6.92 Å². The summed E-state index contributed by atoms with van der Waals surface area (Å²) in [5.41, 5.74) is 2.17. The molecule has 1 aromatic carbocycles. The summed E-state index contributed by atoms with van der Waals surface area (Å²) in [5.74, 6) is -0.582. The molecule has 0 saturated carbocycles. The van der Waals surface area contributed by atoms with Crippen LogP contribution < -0.4 is 10.4 Å². The van der Waals surface area contributed by atoms with Crippen molar-refractivity contribution in [3.8, 4) is 0 Å². The first-order valence-electron chi connectivity index (χ1n) is 6.00. The summed E-state index contributed by atoms with van der Waals surface area (Å²) in [5, 5.41) is 8.71. The molecule has 18 heavy (non-hydrogen) atoms. The average molecular weight is 252 g/mol. The number of carbonyl (C=O) groups excluding carboxylic acids is 1. The minimum absolute atomic E-state index is 0.250. The predicted molar refractivity (Wildman–Crippen MR) is 65.9 cm³/mol. The Balaban J connectivity index is 2.02. The van der Waals surface area contributed by atoms with Crippen molar-refractivity contribution in [1.82, 2.24) is 5.48 Å². The van der Waals surface area contributed by atoms with E-state index in [1.54, 1.807) is 17.6 Å². The van der Waals surface area contributed by atoms with E-state index >= 15 is 0 Å². The fourth-order valence-electron chi connectivity index (χ4n) is 2.27. The summed E-state index contributed by atoms with van der Waals surface area (Å²) >= 11 is 0. The number of carbonyl (C=O) groups is 1. The molecule has 1 aromatic rings. The molecule has 2 N–H and O–H groups in total. The summed E-state index contributed by atoms with van der Waals surface area (Å²) in [4.78, 5) is 13.7. The lowest BCUT2D eigenvalue weighted by atomic mass is 9.79. The van der Waals surface area contributed by atoms with Gasteiger partial charge in [-0.2, -0.15) is 0 Å². The highest BCUT2D eigenvalue weighted by Crippen LogP contribution is 2.33. The molecule has 1 aliphatic rings. The molecule has 0 radical (unpaired) electrons. The Morgan fingerprint density at radius 1 is 1.33 bits per heavy atom. The maximum absolute atomic E-state index is 12.8. The number of nitrogens with zero attached hydrogens (tertiary/aromatic N) is 1. The molecular weight excluding hydrogens is 235 g/mol. The first-order chi connectivity index (χ1) is 8.55. The highest BCUT2D eigenvalue weighted by molar-refractivity contribution is 5.81. The van der Waals surface area contributed by atoms with Crippen LogP contribution in [0.2, 0.25) is 0 Å². The molecule has 0 bridgehead atoms. The molecule has 4 nitrogen and oxygen atoms in total. The molecule has 98 valence electrons. The van der Waals surface area contributed by atoms with Crippen LogP contribution in [0.25, 0.3) is 0 Å². The van der Waals surface area contributed by atoms with Gasteiger partial charge in [0.05, 0.1) is 5.41 Å². The molecular formula is C13H17FN2O2. The minimum Gasteiger partial charge on any atom is -0.371 e. The van der Waals surface area contributed by atoms with Gasteiger partial charge in [0.15, 0.2) is 0 Å². The van der Waals surface area contributed by atoms with Crippen LogP contribution in [-0.2, 0) is 4.79 Å². The fourth-order valence-corrected chi connectivity index (χ4v) is 2.27. The first kappa shape index (κ1) is 12.8. The standard InChI is InChI=1S/C13H17FN2O2/c1-13(12(17)15-18)6-8-16(9-7-13)11-4-2-10(14)3-5-11/h2-5,18H,6-9H2,1H3,(H,15,17). The van der Waals surface area contributed by atoms with Gasteiger partial charge in [-0.05, 0) is 37.1 Å². The Kier molecular flexibility index (Phi) is 3.52. The van der Waals surface area contributed by atoms with Gasteiger partial charge < -0.3 is 4.90 Å². The molecule has 1 saturated heterocycles. The lowest BCUT2D eigenvalue weighted by Gasteiger charge is -2.38. The average Bonchev–Trinajstić information content (AvgIpc) is 2.40. The van der Waals surface area contributed by atoms with Crippen molar-refractivity contribution in [3.05, 3.63) is 30.1 Å². The number of hydrogen-bond donors (Lipinski definition) is 2. The Morgan fingerprint density at radius 2 is 1.89 bits per heavy atom. The predicted octanol–water partition coefficient (Wildman–Crippen LogP) is 1.94. The van der Waals surface area contributed by atoms with Gasteiger partial charge >= 0.3 is 0 Å². The van der Waals surface area contributed by atoms with Crippen LogP contribution in [0.1, 0.15) is 19.8 Å². The number of halogens is 1. The zero-order chi connectivity index (χ0) is 13.2. The number of anilines is 1. The van der Waals surface area contributed by atoms with Crippen LogP contribution in [0.5, 0.6) is 0 Å². The molecule has 1 fully saturated rings. The largest absolute Gasteiger partial charge is 0.371 e. The third-order valence-electron chi connectivity index (χ3n) is 3.71. The second-order valence-electron chi connectivity index (χ2n) is 4.97. The summed E-state index contributed by atoms with van der Waals surface area (Å²) < 4.78 is 12.8. The van der Waals surface area contributed by atoms with E-state index in [4.69, 9.17) is 5.21 Å². The topological polar surface area (TPSA) is 52.6 Å². The molecule has 2 rings (SSSR count). The monoisotopic (exact) mass is 252 g/mol. The van der Waals surface area contributed by atoms with Crippen LogP contribution in [0.4, 0.5) is 10.1 Å². The van der Waals surface area contributed by atoms with Crippen LogP contribution in [0.15, 0.2) is 24.3 Å². The van der Waals surface area contributed by atoms with Crippen LogP contribution >= 0.6 is 0 Å². The summed E-state index contributed by atoms with van der Waals surface area (Å²) in [6.07, 6.45) is 1.33. The van der Waals surface area contributed by atoms with Gasteiger partial charge in [0, 0.05) is 18.8 Å². The minimum atomic E-state index is -0.523. The molecule has 1 heterocycles. The number of hydrogen-bond acceptors (Lipinski definition) is 3. The second-order valence-corrected chi connectivity index (χ2v) is 4.97. The third-order valence-corrected chi connectivity index (χ3v) is 3.71. The number of hydroxylamine groups is 1. The lowest BCUT2D eigenvalue weighted by molar-refractivity contribution is -0.140. The van der Waals surface area contributed by atoms with E-state index in [0.29, 0.717) is 12.8 Å². The number of nitrogens with one attached hydrogen (secondary N) is 1. The molecule has 0 spiro atoms. The molecule has 1 aliphatic heterocycles. The molecule has 0 atom stereocenters. The van der Waals surface area contributed by atoms with Gasteiger partial charge in [-0.25, -0.2) is 9.87 Å². The quantitative estimate of drug-likeness (QED) is 0.624. The number of piperidine rings is 1. The van der Waals surface area contributed by atoms with Crippen molar-refractivity contribution in [1.29, 1.82) is 0 Å². The van der Waals surface area contributed by atoms with Crippen molar-refractivity contribution in [2.45, 2.75) is 19.8 Å². The molecule has 0 unspecified atom stereocenters. The molecule has 0 aromatic heterocycles. The maximum atomic E-state index is 12.8. The van der Waals surface area contributed by atoms with Gasteiger partial charge in [-0.15, -0.1) is 0 Å². The van der Waals surface area contributed by atoms with Gasteiger partial charge in [0.1, 0.15) is 5.82 Å². The van der Waals surface area contributed by atoms with E-state index in [9.17, 15) is 9.18 Å². The lowest BCUT2D eigenvalue weighted by Crippen LogP contribution is -2.46. The van der Waals surface area contributed by atoms with Crippen LogP contribution in [0, 0.1) is 11.2 Å². The van der Waals surface area contributed by atoms with E-state index in [0.717, 1.165) is 18.8 Å². The van der Waals surface area contributed by atoms with Crippen molar-refractivity contribution < 1.29 is 14.4 Å². The molecule has 1 amide bonds. The molecule has 0 aliphatic carbocycles. The Bertz CT molecular complexity index is 425. The summed E-state index contributed by atoms with van der Waals surface area (Å²) in [6, 6.07) is 6.35. The first-order valence-corrected chi connectivity index (χ1v) is 6.00. The van der Waals surface area contributed by atoms with Crippen molar-refractivity contribution in [2.75, 3.05) is 18.0 Å². The summed E-state index contributed by atoms with van der Waals surface area (Å²) in [6.45, 7) is 3.28. The zero-order valence-corrected chi connectivity index (χ0v) is 10.3. The van der Waals surface area contributed by atoms with Crippen molar-refractivity contribution in [3.63, 3.8) is 0 Å². The Labute approximate surface area is 105 Å². The number of amides is 1. The van der Waals surface area contributed by atoms with E-state index < -0.39 is 5.41 Å². The number of benzene rings is 1. The van der Waals surface area contributed by atoms with Gasteiger partial charge in [-0.3, -0.25) is 10.0 Å². The van der Waals surface area contributed by atoms with Gasteiger partial charge in [0.2, 0.25) is 5.91 Å². The van der Waals surface area contributed by atoms with E-state index in [1.807, 2.05) is 6.92 Å². The van der Waals surface area contributed by atoms with Gasteiger partial charge in [0.25, 0.3) is 0 Å². The highest BCUT2D eigenvalue weighted by atomic mass is 19.1. The highest BCUT2D eigenvalue weighted by Gasteiger charge is 2.36. The second kappa shape index (κ2) is 4.94. The van der Waals surface area contributed by atoms with Crippen LogP contribution in [0.3, 0.4) is 0 Å². The van der Waals surface area contributed by atoms with Crippen molar-refractivity contribution in [2.24, 2.45) is 5.41 Å². The van der Waals surface area contributed by atoms with E-state index in [2.05, 4.69) is 4.90 Å². The Hall–Kier alpha value is -1.62. The summed E-state index contributed by atoms with van der Waals surface area (Å²) in [7, 11) is 0. The normalized spacial score (nSPS) is 18.5. The smallest absolute Gasteiger partial charge is 0.249 e. The Morgan fingerprint density at radius 3 is 2.39 bits per heavy atom. The fraction of sp³-hybridized carbons (Fsp3) is 0.462. The van der Waals surface area contributed by atoms with Crippen LogP contribution in [-0.4, -0.2) is 24.2 Å².